The first-order chi connectivity index (χ1) is 11.7. The molecular formula is C19H25FN2OS. The number of halogens is 1. The van der Waals surface area contributed by atoms with Crippen LogP contribution in [0.25, 0.3) is 0 Å². The molecule has 5 heteroatoms. The molecule has 0 aliphatic carbocycles. The number of aliphatic hydroxyl groups excluding tert-OH is 1. The fraction of sp³-hybridized carbons (Fsp3) is 0.526. The number of hydrogen-bond acceptors (Lipinski definition) is 4. The van der Waals surface area contributed by atoms with Crippen LogP contribution in [-0.2, 0) is 13.0 Å². The number of likely N-dealkylation sites (tertiary alicyclic amines) is 1. The molecule has 1 aromatic carbocycles. The molecule has 1 atom stereocenters. The molecule has 1 saturated heterocycles. The summed E-state index contributed by atoms with van der Waals surface area (Å²) in [5.41, 5.74) is 1.99. The zero-order valence-electron chi connectivity index (χ0n) is 14.1. The van der Waals surface area contributed by atoms with E-state index < -0.39 is 6.10 Å². The highest BCUT2D eigenvalue weighted by Gasteiger charge is 2.26. The van der Waals surface area contributed by atoms with E-state index in [0.717, 1.165) is 50.9 Å². The van der Waals surface area contributed by atoms with Gasteiger partial charge in [-0.1, -0.05) is 19.1 Å². The van der Waals surface area contributed by atoms with Gasteiger partial charge in [0, 0.05) is 11.9 Å². The number of benzene rings is 1. The van der Waals surface area contributed by atoms with Crippen molar-refractivity contribution in [2.24, 2.45) is 5.92 Å². The largest absolute Gasteiger partial charge is 0.388 e. The van der Waals surface area contributed by atoms with E-state index in [4.69, 9.17) is 4.98 Å². The zero-order valence-corrected chi connectivity index (χ0v) is 14.9. The molecule has 1 aliphatic heterocycles. The number of piperidine rings is 1. The van der Waals surface area contributed by atoms with Crippen LogP contribution < -0.4 is 0 Å². The Bertz CT molecular complexity index is 635. The third-order valence-electron chi connectivity index (χ3n) is 4.74. The Morgan fingerprint density at radius 3 is 2.67 bits per heavy atom. The summed E-state index contributed by atoms with van der Waals surface area (Å²) in [4.78, 5) is 7.11. The highest BCUT2D eigenvalue weighted by atomic mass is 32.1. The molecule has 3 nitrogen and oxygen atoms in total. The molecule has 1 fully saturated rings. The van der Waals surface area contributed by atoms with E-state index in [1.165, 1.54) is 22.8 Å². The van der Waals surface area contributed by atoms with Crippen LogP contribution in [0.1, 0.15) is 48.6 Å². The molecule has 0 spiro atoms. The highest BCUT2D eigenvalue weighted by Crippen LogP contribution is 2.31. The number of aromatic nitrogens is 1. The van der Waals surface area contributed by atoms with Gasteiger partial charge in [-0.3, -0.25) is 4.90 Å². The van der Waals surface area contributed by atoms with Crippen LogP contribution in [0.4, 0.5) is 4.39 Å². The molecule has 0 radical (unpaired) electrons. The standard InChI is InChI=1S/C19H25FN2OS/c1-2-3-18-21-17(13-24-18)12-22-10-8-15(9-11-22)19(23)14-4-6-16(20)7-5-14/h4-7,13,15,19,23H,2-3,8-12H2,1H3. The first kappa shape index (κ1) is 17.5. The summed E-state index contributed by atoms with van der Waals surface area (Å²) >= 11 is 1.76. The first-order valence-corrected chi connectivity index (χ1v) is 9.63. The molecule has 0 amide bonds. The van der Waals surface area contributed by atoms with Gasteiger partial charge in [0.2, 0.25) is 0 Å². The van der Waals surface area contributed by atoms with Gasteiger partial charge in [-0.25, -0.2) is 9.37 Å². The summed E-state index contributed by atoms with van der Waals surface area (Å²) in [6.45, 7) is 5.03. The molecule has 0 bridgehead atoms. The third kappa shape index (κ3) is 4.41. The summed E-state index contributed by atoms with van der Waals surface area (Å²) in [6, 6.07) is 6.22. The average molecular weight is 348 g/mol. The quantitative estimate of drug-likeness (QED) is 0.851. The van der Waals surface area contributed by atoms with E-state index in [9.17, 15) is 9.50 Å². The highest BCUT2D eigenvalue weighted by molar-refractivity contribution is 7.09. The van der Waals surface area contributed by atoms with Gasteiger partial charge < -0.3 is 5.11 Å². The van der Waals surface area contributed by atoms with E-state index >= 15 is 0 Å². The van der Waals surface area contributed by atoms with Crippen LogP contribution in [0, 0.1) is 11.7 Å². The normalized spacial score (nSPS) is 18.0. The van der Waals surface area contributed by atoms with Crippen molar-refractivity contribution < 1.29 is 9.50 Å². The fourth-order valence-corrected chi connectivity index (χ4v) is 4.23. The van der Waals surface area contributed by atoms with E-state index in [-0.39, 0.29) is 11.7 Å². The van der Waals surface area contributed by atoms with E-state index in [2.05, 4.69) is 17.2 Å². The molecule has 0 saturated carbocycles. The molecule has 2 aromatic rings. The number of aliphatic hydroxyl groups is 1. The molecule has 1 aromatic heterocycles. The Morgan fingerprint density at radius 1 is 1.29 bits per heavy atom. The minimum atomic E-state index is -0.497. The lowest BCUT2D eigenvalue weighted by molar-refractivity contribution is 0.0564. The van der Waals surface area contributed by atoms with Crippen LogP contribution in [0.2, 0.25) is 0 Å². The van der Waals surface area contributed by atoms with Gasteiger partial charge in [-0.15, -0.1) is 11.3 Å². The topological polar surface area (TPSA) is 36.4 Å². The maximum Gasteiger partial charge on any atom is 0.123 e. The average Bonchev–Trinajstić information content (AvgIpc) is 3.03. The minimum Gasteiger partial charge on any atom is -0.388 e. The van der Waals surface area contributed by atoms with E-state index in [1.807, 2.05) is 0 Å². The summed E-state index contributed by atoms with van der Waals surface area (Å²) in [5.74, 6) is -0.00993. The van der Waals surface area contributed by atoms with Crippen molar-refractivity contribution in [1.29, 1.82) is 0 Å². The first-order valence-electron chi connectivity index (χ1n) is 8.75. The van der Waals surface area contributed by atoms with Crippen LogP contribution in [0.5, 0.6) is 0 Å². The molecule has 3 rings (SSSR count). The monoisotopic (exact) mass is 348 g/mol. The van der Waals surface area contributed by atoms with Gasteiger partial charge in [0.25, 0.3) is 0 Å². The van der Waals surface area contributed by atoms with Crippen LogP contribution in [0.3, 0.4) is 0 Å². The zero-order chi connectivity index (χ0) is 16.9. The molecule has 2 heterocycles. The summed E-state index contributed by atoms with van der Waals surface area (Å²) < 4.78 is 13.0. The van der Waals surface area contributed by atoms with Crippen molar-refractivity contribution in [2.45, 2.75) is 45.3 Å². The number of rotatable bonds is 6. The van der Waals surface area contributed by atoms with Gasteiger partial charge in [-0.2, -0.15) is 0 Å². The van der Waals surface area contributed by atoms with E-state index in [0.29, 0.717) is 0 Å². The molecular weight excluding hydrogens is 323 g/mol. The molecule has 130 valence electrons. The summed E-state index contributed by atoms with van der Waals surface area (Å²) in [7, 11) is 0. The lowest BCUT2D eigenvalue weighted by Crippen LogP contribution is -2.35. The van der Waals surface area contributed by atoms with Gasteiger partial charge in [-0.05, 0) is 62.4 Å². The second-order valence-electron chi connectivity index (χ2n) is 6.59. The Morgan fingerprint density at radius 2 is 2.00 bits per heavy atom. The number of aryl methyl sites for hydroxylation is 1. The molecule has 1 N–H and O–H groups in total. The van der Waals surface area contributed by atoms with Crippen molar-refractivity contribution in [3.63, 3.8) is 0 Å². The Labute approximate surface area is 147 Å². The van der Waals surface area contributed by atoms with Crippen molar-refractivity contribution in [1.82, 2.24) is 9.88 Å². The maximum atomic E-state index is 13.0. The number of nitrogens with zero attached hydrogens (tertiary/aromatic N) is 2. The maximum absolute atomic E-state index is 13.0. The van der Waals surface area contributed by atoms with Gasteiger partial charge in [0.15, 0.2) is 0 Å². The Kier molecular flexibility index (Phi) is 5.98. The predicted octanol–water partition coefficient (Wildman–Crippen LogP) is 4.18. The van der Waals surface area contributed by atoms with Gasteiger partial charge in [0.05, 0.1) is 16.8 Å². The van der Waals surface area contributed by atoms with E-state index in [1.54, 1.807) is 23.5 Å². The Hall–Kier alpha value is -1.30. The van der Waals surface area contributed by atoms with Crippen LogP contribution in [0.15, 0.2) is 29.6 Å². The van der Waals surface area contributed by atoms with Gasteiger partial charge >= 0.3 is 0 Å². The minimum absolute atomic E-state index is 0.248. The number of thiazole rings is 1. The van der Waals surface area contributed by atoms with Crippen molar-refractivity contribution in [2.75, 3.05) is 13.1 Å². The molecule has 24 heavy (non-hydrogen) atoms. The van der Waals surface area contributed by atoms with Crippen molar-refractivity contribution >= 4 is 11.3 Å². The third-order valence-corrected chi connectivity index (χ3v) is 5.70. The number of hydrogen-bond donors (Lipinski definition) is 1. The smallest absolute Gasteiger partial charge is 0.123 e. The fourth-order valence-electron chi connectivity index (χ4n) is 3.34. The SMILES string of the molecule is CCCc1nc(CN2CCC(C(O)c3ccc(F)cc3)CC2)cs1. The second-order valence-corrected chi connectivity index (χ2v) is 7.54. The van der Waals surface area contributed by atoms with Crippen molar-refractivity contribution in [3.8, 4) is 0 Å². The Balaban J connectivity index is 1.50. The molecule has 1 unspecified atom stereocenters. The molecule has 1 aliphatic rings. The lowest BCUT2D eigenvalue weighted by atomic mass is 9.87. The van der Waals surface area contributed by atoms with Gasteiger partial charge in [0.1, 0.15) is 5.82 Å². The summed E-state index contributed by atoms with van der Waals surface area (Å²) in [5, 5.41) is 13.9. The summed E-state index contributed by atoms with van der Waals surface area (Å²) in [6.07, 6.45) is 3.63. The van der Waals surface area contributed by atoms with Crippen LogP contribution in [-0.4, -0.2) is 28.1 Å². The lowest BCUT2D eigenvalue weighted by Gasteiger charge is -2.34. The predicted molar refractivity (Wildman–Crippen MR) is 95.5 cm³/mol. The van der Waals surface area contributed by atoms with Crippen molar-refractivity contribution in [3.05, 3.63) is 51.7 Å². The second kappa shape index (κ2) is 8.19. The van der Waals surface area contributed by atoms with Crippen LogP contribution >= 0.6 is 11.3 Å².